The van der Waals surface area contributed by atoms with Crippen molar-refractivity contribution in [1.82, 2.24) is 15.0 Å². The maximum absolute atomic E-state index is 11.0. The quantitative estimate of drug-likeness (QED) is 0.673. The van der Waals surface area contributed by atoms with Gasteiger partial charge in [-0.25, -0.2) is 4.68 Å². The molecule has 0 saturated heterocycles. The molecular weight excluding hydrogens is 172 g/mol. The van der Waals surface area contributed by atoms with E-state index in [0.29, 0.717) is 11.7 Å². The van der Waals surface area contributed by atoms with Gasteiger partial charge in [-0.3, -0.25) is 4.79 Å². The fraction of sp³-hybridized carbons (Fsp3) is 0.571. The van der Waals surface area contributed by atoms with Gasteiger partial charge in [-0.15, -0.1) is 0 Å². The molecule has 0 saturated carbocycles. The molecule has 0 aromatic carbocycles. The van der Waals surface area contributed by atoms with E-state index in [1.165, 1.54) is 0 Å². The first kappa shape index (κ1) is 8.03. The fourth-order valence-corrected chi connectivity index (χ4v) is 1.15. The molecule has 70 valence electrons. The molecule has 0 unspecified atom stereocenters. The zero-order valence-corrected chi connectivity index (χ0v) is 7.44. The second-order valence-electron chi connectivity index (χ2n) is 3.12. The van der Waals surface area contributed by atoms with Crippen LogP contribution in [0.15, 0.2) is 0 Å². The molecule has 2 heterocycles. The van der Waals surface area contributed by atoms with E-state index in [0.717, 1.165) is 0 Å². The normalized spacial score (nSPS) is 15.2. The van der Waals surface area contributed by atoms with E-state index >= 15 is 0 Å². The van der Waals surface area contributed by atoms with Crippen LogP contribution in [0.5, 0.6) is 5.88 Å². The van der Waals surface area contributed by atoms with Crippen LogP contribution in [0.2, 0.25) is 0 Å². The van der Waals surface area contributed by atoms with Crippen LogP contribution < -0.4 is 10.1 Å². The van der Waals surface area contributed by atoms with E-state index in [1.807, 2.05) is 13.8 Å². The largest absolute Gasteiger partial charge is 0.464 e. The van der Waals surface area contributed by atoms with Gasteiger partial charge in [0.2, 0.25) is 0 Å². The van der Waals surface area contributed by atoms with Gasteiger partial charge in [-0.1, -0.05) is 10.3 Å². The number of amides is 1. The van der Waals surface area contributed by atoms with Gasteiger partial charge in [0, 0.05) is 0 Å². The number of carbonyl (C=O) groups excluding carboxylic acids is 1. The molecule has 2 rings (SSSR count). The first-order valence-electron chi connectivity index (χ1n) is 4.06. The molecule has 6 nitrogen and oxygen atoms in total. The highest BCUT2D eigenvalue weighted by atomic mass is 16.5. The molecule has 13 heavy (non-hydrogen) atoms. The van der Waals surface area contributed by atoms with Crippen molar-refractivity contribution in [3.05, 3.63) is 0 Å². The standard InChI is InChI=1S/C7H10N4O2/c1-4(2)11-6-7(9-10-11)13-3-5(12)8-6/h4H,3H2,1-2H3,(H,8,12). The Labute approximate surface area is 74.9 Å². The second kappa shape index (κ2) is 2.72. The number of anilines is 1. The number of rotatable bonds is 1. The Morgan fingerprint density at radius 3 is 3.08 bits per heavy atom. The van der Waals surface area contributed by atoms with Crippen LogP contribution in [0.1, 0.15) is 19.9 Å². The van der Waals surface area contributed by atoms with Crippen LogP contribution in [0, 0.1) is 0 Å². The van der Waals surface area contributed by atoms with E-state index < -0.39 is 0 Å². The fourth-order valence-electron chi connectivity index (χ4n) is 1.15. The number of carbonyl (C=O) groups is 1. The number of aromatic nitrogens is 3. The molecule has 0 radical (unpaired) electrons. The highest BCUT2D eigenvalue weighted by Crippen LogP contribution is 2.26. The SMILES string of the molecule is CC(C)n1nnc2c1NC(=O)CO2. The molecule has 6 heteroatoms. The van der Waals surface area contributed by atoms with Gasteiger partial charge in [0.1, 0.15) is 0 Å². The smallest absolute Gasteiger partial charge is 0.279 e. The van der Waals surface area contributed by atoms with E-state index in [1.54, 1.807) is 4.68 Å². The summed E-state index contributed by atoms with van der Waals surface area (Å²) in [6, 6.07) is 0.151. The molecule has 0 atom stereocenters. The molecule has 1 N–H and O–H groups in total. The second-order valence-corrected chi connectivity index (χ2v) is 3.12. The minimum Gasteiger partial charge on any atom is -0.464 e. The molecule has 0 spiro atoms. The summed E-state index contributed by atoms with van der Waals surface area (Å²) in [5.41, 5.74) is 0. The summed E-state index contributed by atoms with van der Waals surface area (Å²) in [7, 11) is 0. The van der Waals surface area contributed by atoms with Crippen LogP contribution in [0.25, 0.3) is 0 Å². The summed E-state index contributed by atoms with van der Waals surface area (Å²) >= 11 is 0. The average Bonchev–Trinajstić information content (AvgIpc) is 2.46. The first-order valence-corrected chi connectivity index (χ1v) is 4.06. The van der Waals surface area contributed by atoms with Crippen LogP contribution in [0.4, 0.5) is 5.82 Å². The van der Waals surface area contributed by atoms with Gasteiger partial charge in [0.15, 0.2) is 12.4 Å². The minimum atomic E-state index is -0.170. The van der Waals surface area contributed by atoms with Gasteiger partial charge >= 0.3 is 0 Å². The van der Waals surface area contributed by atoms with Crippen LogP contribution in [-0.4, -0.2) is 27.5 Å². The predicted molar refractivity (Wildman–Crippen MR) is 44.5 cm³/mol. The highest BCUT2D eigenvalue weighted by molar-refractivity contribution is 5.93. The lowest BCUT2D eigenvalue weighted by atomic mass is 10.4. The third-order valence-electron chi connectivity index (χ3n) is 1.75. The van der Waals surface area contributed by atoms with E-state index in [4.69, 9.17) is 4.74 Å². The van der Waals surface area contributed by atoms with Crippen molar-refractivity contribution in [3.63, 3.8) is 0 Å². The summed E-state index contributed by atoms with van der Waals surface area (Å²) in [4.78, 5) is 11.0. The third-order valence-corrected chi connectivity index (χ3v) is 1.75. The van der Waals surface area contributed by atoms with E-state index in [9.17, 15) is 4.79 Å². The lowest BCUT2D eigenvalue weighted by Crippen LogP contribution is -2.27. The van der Waals surface area contributed by atoms with Crippen molar-refractivity contribution < 1.29 is 9.53 Å². The maximum Gasteiger partial charge on any atom is 0.279 e. The Hall–Kier alpha value is -1.59. The zero-order valence-electron chi connectivity index (χ0n) is 7.44. The Bertz CT molecular complexity index is 344. The van der Waals surface area contributed by atoms with E-state index in [-0.39, 0.29) is 18.6 Å². The molecule has 1 aromatic rings. The summed E-state index contributed by atoms with van der Waals surface area (Å²) in [6.45, 7) is 3.93. The Morgan fingerprint density at radius 2 is 2.38 bits per heavy atom. The zero-order chi connectivity index (χ0) is 9.42. The van der Waals surface area contributed by atoms with Crippen molar-refractivity contribution in [2.45, 2.75) is 19.9 Å². The molecule has 1 aliphatic rings. The average molecular weight is 182 g/mol. The summed E-state index contributed by atoms with van der Waals surface area (Å²) in [5, 5.41) is 10.3. The first-order chi connectivity index (χ1) is 6.18. The predicted octanol–water partition coefficient (Wildman–Crippen LogP) is 0.190. The number of hydrogen-bond acceptors (Lipinski definition) is 4. The molecule has 1 amide bonds. The Kier molecular flexibility index (Phi) is 1.68. The number of nitrogens with one attached hydrogen (secondary N) is 1. The van der Waals surface area contributed by atoms with Crippen LogP contribution in [-0.2, 0) is 4.79 Å². The summed E-state index contributed by atoms with van der Waals surface area (Å²) < 4.78 is 6.68. The van der Waals surface area contributed by atoms with Gasteiger partial charge in [-0.2, -0.15) is 0 Å². The maximum atomic E-state index is 11.0. The van der Waals surface area contributed by atoms with Gasteiger partial charge < -0.3 is 10.1 Å². The molecule has 1 aromatic heterocycles. The third kappa shape index (κ3) is 1.24. The lowest BCUT2D eigenvalue weighted by Gasteiger charge is -2.15. The summed E-state index contributed by atoms with van der Waals surface area (Å²) in [5.74, 6) is 0.774. The number of hydrogen-bond donors (Lipinski definition) is 1. The van der Waals surface area contributed by atoms with Crippen molar-refractivity contribution in [2.24, 2.45) is 0 Å². The van der Waals surface area contributed by atoms with Crippen molar-refractivity contribution in [3.8, 4) is 5.88 Å². The van der Waals surface area contributed by atoms with Crippen LogP contribution >= 0.6 is 0 Å². The number of nitrogens with zero attached hydrogens (tertiary/aromatic N) is 3. The molecular formula is C7H10N4O2. The minimum absolute atomic E-state index is 0.0176. The van der Waals surface area contributed by atoms with Gasteiger partial charge in [0.25, 0.3) is 11.8 Å². The lowest BCUT2D eigenvalue weighted by molar-refractivity contribution is -0.118. The Morgan fingerprint density at radius 1 is 1.62 bits per heavy atom. The number of ether oxygens (including phenoxy) is 1. The summed E-state index contributed by atoms with van der Waals surface area (Å²) in [6.07, 6.45) is 0. The molecule has 0 bridgehead atoms. The molecule has 1 aliphatic heterocycles. The van der Waals surface area contributed by atoms with Gasteiger partial charge in [-0.05, 0) is 13.8 Å². The van der Waals surface area contributed by atoms with Crippen molar-refractivity contribution in [1.29, 1.82) is 0 Å². The monoisotopic (exact) mass is 182 g/mol. The Balaban J connectivity index is 2.41. The van der Waals surface area contributed by atoms with Crippen LogP contribution in [0.3, 0.4) is 0 Å². The molecule has 0 fully saturated rings. The molecule has 0 aliphatic carbocycles. The van der Waals surface area contributed by atoms with Crippen molar-refractivity contribution in [2.75, 3.05) is 11.9 Å². The van der Waals surface area contributed by atoms with Gasteiger partial charge in [0.05, 0.1) is 6.04 Å². The highest BCUT2D eigenvalue weighted by Gasteiger charge is 2.23. The topological polar surface area (TPSA) is 69.0 Å². The van der Waals surface area contributed by atoms with E-state index in [2.05, 4.69) is 15.6 Å². The van der Waals surface area contributed by atoms with Crippen molar-refractivity contribution >= 4 is 11.7 Å². The number of fused-ring (bicyclic) bond motifs is 1.